The first-order chi connectivity index (χ1) is 17.5. The number of esters is 1. The highest BCUT2D eigenvalue weighted by molar-refractivity contribution is 8.03. The van der Waals surface area contributed by atoms with E-state index < -0.39 is 5.97 Å². The molecule has 0 aliphatic carbocycles. The Labute approximate surface area is 219 Å². The quantitative estimate of drug-likeness (QED) is 0.134. The molecule has 3 rings (SSSR count). The highest BCUT2D eigenvalue weighted by Crippen LogP contribution is 2.34. The van der Waals surface area contributed by atoms with Gasteiger partial charge >= 0.3 is 12.0 Å². The van der Waals surface area contributed by atoms with Crippen LogP contribution in [0.5, 0.6) is 11.5 Å². The van der Waals surface area contributed by atoms with Crippen LogP contribution in [-0.4, -0.2) is 75.8 Å². The second kappa shape index (κ2) is 14.9. The van der Waals surface area contributed by atoms with Crippen LogP contribution in [-0.2, 0) is 19.1 Å². The van der Waals surface area contributed by atoms with Crippen molar-refractivity contribution in [3.05, 3.63) is 34.2 Å². The average Bonchev–Trinajstić information content (AvgIpc) is 3.40. The van der Waals surface area contributed by atoms with Crippen molar-refractivity contribution in [1.82, 2.24) is 16.0 Å². The summed E-state index contributed by atoms with van der Waals surface area (Å²) < 4.78 is 20.8. The van der Waals surface area contributed by atoms with Gasteiger partial charge in [-0.1, -0.05) is 17.7 Å². The minimum absolute atomic E-state index is 0.00792. The number of thioether (sulfide) groups is 1. The fraction of sp³-hybridized carbons (Fsp3) is 0.542. The first-order valence-corrected chi connectivity index (χ1v) is 13.2. The molecule has 0 saturated carbocycles. The number of methoxy groups -OCH3 is 1. The van der Waals surface area contributed by atoms with E-state index in [2.05, 4.69) is 22.0 Å². The number of fused-ring (bicyclic) bond motifs is 1. The lowest BCUT2D eigenvalue weighted by atomic mass is 10.1. The molecule has 2 atom stereocenters. The fourth-order valence-electron chi connectivity index (χ4n) is 3.68. The predicted octanol–water partition coefficient (Wildman–Crippen LogP) is 2.64. The van der Waals surface area contributed by atoms with Crippen LogP contribution in [0.3, 0.4) is 0 Å². The van der Waals surface area contributed by atoms with E-state index in [4.69, 9.17) is 30.5 Å². The number of ether oxygens (including phenoxy) is 4. The number of hydrogen-bond donors (Lipinski definition) is 3. The summed E-state index contributed by atoms with van der Waals surface area (Å²) in [7, 11) is 1.50. The molecule has 1 aromatic carbocycles. The number of allylic oxidation sites excluding steroid dienone is 1. The van der Waals surface area contributed by atoms with Crippen molar-refractivity contribution in [2.45, 2.75) is 37.8 Å². The molecule has 2 aliphatic heterocycles. The minimum atomic E-state index is -0.548. The standard InChI is InChI=1S/C24H32ClN3O7S/c1-32-19-8-7-16(13-17(19)25)35-22(30)14-34-12-11-33-10-9-26-21(29)6-4-2-3-5-20-23-18(15-36-20)27-24(31)28-23/h5,7-8,13,18,23H,2-4,6,9-12,14-15H2,1H3,(H,26,29)(H2,27,28,31)/b20-5+/t18-,23-/m0/s1. The number of halogens is 1. The van der Waals surface area contributed by atoms with Crippen molar-refractivity contribution in [2.75, 3.05) is 45.8 Å². The number of rotatable bonds is 15. The molecule has 3 amide bonds. The van der Waals surface area contributed by atoms with E-state index in [1.54, 1.807) is 23.9 Å². The van der Waals surface area contributed by atoms with Gasteiger partial charge in [-0.15, -0.1) is 11.8 Å². The van der Waals surface area contributed by atoms with Gasteiger partial charge in [0.1, 0.15) is 18.1 Å². The van der Waals surface area contributed by atoms with E-state index in [0.717, 1.165) is 25.0 Å². The number of urea groups is 1. The lowest BCUT2D eigenvalue weighted by molar-refractivity contribution is -0.140. The number of carbonyl (C=O) groups excluding carboxylic acids is 3. The minimum Gasteiger partial charge on any atom is -0.495 e. The molecule has 36 heavy (non-hydrogen) atoms. The van der Waals surface area contributed by atoms with Crippen molar-refractivity contribution in [2.24, 2.45) is 0 Å². The van der Waals surface area contributed by atoms with E-state index in [1.165, 1.54) is 18.1 Å². The number of hydrogen-bond acceptors (Lipinski definition) is 8. The van der Waals surface area contributed by atoms with Gasteiger partial charge in [-0.05, 0) is 31.4 Å². The summed E-state index contributed by atoms with van der Waals surface area (Å²) in [4.78, 5) is 36.3. The zero-order valence-corrected chi connectivity index (χ0v) is 21.8. The third-order valence-electron chi connectivity index (χ3n) is 5.46. The van der Waals surface area contributed by atoms with Gasteiger partial charge in [-0.25, -0.2) is 9.59 Å². The molecule has 3 N–H and O–H groups in total. The van der Waals surface area contributed by atoms with Gasteiger partial charge in [0.25, 0.3) is 0 Å². The Bertz CT molecular complexity index is 946. The Morgan fingerprint density at radius 1 is 1.19 bits per heavy atom. The maximum absolute atomic E-state index is 11.9. The first-order valence-electron chi connectivity index (χ1n) is 11.8. The van der Waals surface area contributed by atoms with Gasteiger partial charge in [0, 0.05) is 29.7 Å². The molecule has 10 nitrogen and oxygen atoms in total. The lowest BCUT2D eigenvalue weighted by Gasteiger charge is -2.09. The van der Waals surface area contributed by atoms with Gasteiger partial charge < -0.3 is 34.9 Å². The zero-order valence-electron chi connectivity index (χ0n) is 20.2. The predicted molar refractivity (Wildman–Crippen MR) is 137 cm³/mol. The SMILES string of the molecule is COc1ccc(OC(=O)COCCOCCNC(=O)CCCC/C=C2/SC[C@@H]3NC(=O)N[C@H]23)cc1Cl. The van der Waals surface area contributed by atoms with Crippen LogP contribution >= 0.6 is 23.4 Å². The molecule has 0 radical (unpaired) electrons. The van der Waals surface area contributed by atoms with E-state index in [1.807, 2.05) is 0 Å². The van der Waals surface area contributed by atoms with Crippen LogP contribution in [0.1, 0.15) is 25.7 Å². The summed E-state index contributed by atoms with van der Waals surface area (Å²) in [5.41, 5.74) is 0. The summed E-state index contributed by atoms with van der Waals surface area (Å²) in [6, 6.07) is 4.88. The summed E-state index contributed by atoms with van der Waals surface area (Å²) >= 11 is 7.77. The molecule has 1 aromatic rings. The molecule has 0 aromatic heterocycles. The third kappa shape index (κ3) is 9.20. The van der Waals surface area contributed by atoms with E-state index in [9.17, 15) is 14.4 Å². The maximum atomic E-state index is 11.9. The van der Waals surface area contributed by atoms with Crippen molar-refractivity contribution in [3.63, 3.8) is 0 Å². The topological polar surface area (TPSA) is 124 Å². The monoisotopic (exact) mass is 541 g/mol. The largest absolute Gasteiger partial charge is 0.495 e. The van der Waals surface area contributed by atoms with Gasteiger partial charge in [0.15, 0.2) is 0 Å². The van der Waals surface area contributed by atoms with Crippen molar-refractivity contribution < 1.29 is 33.3 Å². The number of benzene rings is 1. The number of carbonyl (C=O) groups is 3. The Morgan fingerprint density at radius 2 is 2.03 bits per heavy atom. The second-order valence-corrected chi connectivity index (χ2v) is 9.65. The fourth-order valence-corrected chi connectivity index (χ4v) is 5.21. The molecule has 12 heteroatoms. The van der Waals surface area contributed by atoms with Crippen molar-refractivity contribution in [1.29, 1.82) is 0 Å². The summed E-state index contributed by atoms with van der Waals surface area (Å²) in [6.45, 7) is 1.07. The highest BCUT2D eigenvalue weighted by atomic mass is 35.5. The number of unbranched alkanes of at least 4 members (excludes halogenated alkanes) is 2. The average molecular weight is 542 g/mol. The van der Waals surface area contributed by atoms with Crippen LogP contribution in [0.25, 0.3) is 0 Å². The van der Waals surface area contributed by atoms with Crippen molar-refractivity contribution >= 4 is 41.3 Å². The summed E-state index contributed by atoms with van der Waals surface area (Å²) in [5.74, 6) is 1.14. The number of amides is 3. The molecular formula is C24H32ClN3O7S. The molecule has 0 spiro atoms. The van der Waals surface area contributed by atoms with E-state index >= 15 is 0 Å². The maximum Gasteiger partial charge on any atom is 0.337 e. The molecule has 0 unspecified atom stereocenters. The smallest absolute Gasteiger partial charge is 0.337 e. The van der Waals surface area contributed by atoms with Crippen LogP contribution in [0.4, 0.5) is 4.79 Å². The van der Waals surface area contributed by atoms with E-state index in [-0.39, 0.29) is 37.2 Å². The van der Waals surface area contributed by atoms with Gasteiger partial charge in [0.2, 0.25) is 5.91 Å². The molecule has 0 bridgehead atoms. The van der Waals surface area contributed by atoms with Crippen LogP contribution < -0.4 is 25.4 Å². The van der Waals surface area contributed by atoms with Crippen LogP contribution in [0.15, 0.2) is 29.2 Å². The molecule has 2 fully saturated rings. The van der Waals surface area contributed by atoms with Gasteiger partial charge in [-0.3, -0.25) is 4.79 Å². The third-order valence-corrected chi connectivity index (χ3v) is 7.04. The first kappa shape index (κ1) is 28.1. The molecular weight excluding hydrogens is 510 g/mol. The molecule has 2 heterocycles. The van der Waals surface area contributed by atoms with Crippen LogP contribution in [0, 0.1) is 0 Å². The van der Waals surface area contributed by atoms with Gasteiger partial charge in [-0.2, -0.15) is 0 Å². The Hall–Kier alpha value is -2.47. The summed E-state index contributed by atoms with van der Waals surface area (Å²) in [6.07, 6.45) is 5.24. The lowest BCUT2D eigenvalue weighted by Crippen LogP contribution is -2.30. The Balaban J connectivity index is 1.13. The number of nitrogens with one attached hydrogen (secondary N) is 3. The second-order valence-electron chi connectivity index (χ2n) is 8.15. The molecule has 198 valence electrons. The molecule has 2 saturated heterocycles. The summed E-state index contributed by atoms with van der Waals surface area (Å²) in [5, 5.41) is 9.02. The van der Waals surface area contributed by atoms with E-state index in [0.29, 0.717) is 42.7 Å². The Kier molecular flexibility index (Phi) is 11.7. The zero-order chi connectivity index (χ0) is 25.8. The van der Waals surface area contributed by atoms with Crippen LogP contribution in [0.2, 0.25) is 5.02 Å². The highest BCUT2D eigenvalue weighted by Gasteiger charge is 2.39. The van der Waals surface area contributed by atoms with Gasteiger partial charge in [0.05, 0.1) is 44.0 Å². The molecule has 2 aliphatic rings. The normalized spacial score (nSPS) is 19.5. The van der Waals surface area contributed by atoms with Crippen molar-refractivity contribution in [3.8, 4) is 11.5 Å². The Morgan fingerprint density at radius 3 is 2.83 bits per heavy atom.